The van der Waals surface area contributed by atoms with Gasteiger partial charge in [-0.15, -0.1) is 0 Å². The third-order valence-corrected chi connectivity index (χ3v) is 4.96. The number of nitrogens with zero attached hydrogens (tertiary/aromatic N) is 2. The average Bonchev–Trinajstić information content (AvgIpc) is 2.76. The van der Waals surface area contributed by atoms with E-state index in [1.54, 1.807) is 0 Å². The summed E-state index contributed by atoms with van der Waals surface area (Å²) in [5, 5.41) is 15.7. The Morgan fingerprint density at radius 3 is 2.73 bits per heavy atom. The number of aliphatic hydroxyl groups excluding tert-OH is 1. The minimum atomic E-state index is -0.633. The van der Waals surface area contributed by atoms with E-state index in [1.165, 1.54) is 23.2 Å². The van der Waals surface area contributed by atoms with E-state index in [1.807, 2.05) is 6.92 Å². The first kappa shape index (κ1) is 15.4. The Labute approximate surface area is 133 Å². The quantitative estimate of drug-likeness (QED) is 0.905. The molecule has 1 saturated carbocycles. The van der Waals surface area contributed by atoms with Gasteiger partial charge in [-0.05, 0) is 50.3 Å². The van der Waals surface area contributed by atoms with Gasteiger partial charge in [-0.3, -0.25) is 4.79 Å². The smallest absolute Gasteiger partial charge is 0.259 e. The molecule has 1 aliphatic heterocycles. The van der Waals surface area contributed by atoms with E-state index in [0.29, 0.717) is 37.8 Å². The number of rotatable bonds is 2. The summed E-state index contributed by atoms with van der Waals surface area (Å²) in [6.45, 7) is 1.97. The molecule has 0 saturated heterocycles. The summed E-state index contributed by atoms with van der Waals surface area (Å²) in [7, 11) is 0. The van der Waals surface area contributed by atoms with Gasteiger partial charge in [0.1, 0.15) is 5.82 Å². The van der Waals surface area contributed by atoms with Crippen LogP contribution in [0.5, 0.6) is 0 Å². The van der Waals surface area contributed by atoms with Gasteiger partial charge in [-0.2, -0.15) is 10.1 Å². The SMILES string of the molecule is CCC1=NN(c2ccc(F)cc2Cl)C(=O)[C@]12CC[C@@H](O)CC2. The molecule has 22 heavy (non-hydrogen) atoms. The second-order valence-corrected chi connectivity index (χ2v) is 6.33. The molecular weight excluding hydrogens is 307 g/mol. The van der Waals surface area contributed by atoms with Crippen LogP contribution < -0.4 is 5.01 Å². The van der Waals surface area contributed by atoms with Crippen LogP contribution in [0, 0.1) is 11.2 Å². The van der Waals surface area contributed by atoms with E-state index in [9.17, 15) is 14.3 Å². The number of amides is 1. The fraction of sp³-hybridized carbons (Fsp3) is 0.500. The lowest BCUT2D eigenvalue weighted by atomic mass is 9.69. The van der Waals surface area contributed by atoms with Crippen molar-refractivity contribution in [3.63, 3.8) is 0 Å². The van der Waals surface area contributed by atoms with Crippen molar-refractivity contribution in [1.82, 2.24) is 0 Å². The van der Waals surface area contributed by atoms with Crippen molar-refractivity contribution in [3.05, 3.63) is 29.0 Å². The van der Waals surface area contributed by atoms with Gasteiger partial charge in [0.25, 0.3) is 5.91 Å². The largest absolute Gasteiger partial charge is 0.393 e. The number of carbonyl (C=O) groups is 1. The van der Waals surface area contributed by atoms with E-state index >= 15 is 0 Å². The van der Waals surface area contributed by atoms with Crippen molar-refractivity contribution in [2.45, 2.75) is 45.1 Å². The van der Waals surface area contributed by atoms with E-state index in [0.717, 1.165) is 5.71 Å². The van der Waals surface area contributed by atoms with Crippen molar-refractivity contribution in [2.75, 3.05) is 5.01 Å². The maximum atomic E-state index is 13.2. The second-order valence-electron chi connectivity index (χ2n) is 5.93. The number of benzene rings is 1. The van der Waals surface area contributed by atoms with E-state index in [2.05, 4.69) is 5.10 Å². The summed E-state index contributed by atoms with van der Waals surface area (Å²) in [4.78, 5) is 13.0. The lowest BCUT2D eigenvalue weighted by Crippen LogP contribution is -2.43. The van der Waals surface area contributed by atoms with Crippen molar-refractivity contribution in [2.24, 2.45) is 10.5 Å². The summed E-state index contributed by atoms with van der Waals surface area (Å²) in [5.41, 5.74) is 0.595. The lowest BCUT2D eigenvalue weighted by molar-refractivity contribution is -0.126. The van der Waals surface area contributed by atoms with E-state index in [-0.39, 0.29) is 17.0 Å². The summed E-state index contributed by atoms with van der Waals surface area (Å²) in [6.07, 6.45) is 2.69. The van der Waals surface area contributed by atoms with Crippen LogP contribution in [0.1, 0.15) is 39.0 Å². The number of aliphatic hydroxyl groups is 1. The Kier molecular flexibility index (Phi) is 3.95. The molecule has 0 bridgehead atoms. The fourth-order valence-corrected chi connectivity index (χ4v) is 3.66. The first-order valence-electron chi connectivity index (χ1n) is 7.53. The van der Waals surface area contributed by atoms with Crippen LogP contribution in [0.4, 0.5) is 10.1 Å². The van der Waals surface area contributed by atoms with E-state index < -0.39 is 11.2 Å². The second kappa shape index (κ2) is 5.63. The number of hydrazone groups is 1. The molecule has 1 aliphatic carbocycles. The van der Waals surface area contributed by atoms with Crippen molar-refractivity contribution < 1.29 is 14.3 Å². The minimum Gasteiger partial charge on any atom is -0.393 e. The molecule has 0 radical (unpaired) electrons. The fourth-order valence-electron chi connectivity index (χ4n) is 3.41. The first-order chi connectivity index (χ1) is 10.5. The Balaban J connectivity index is 1.98. The van der Waals surface area contributed by atoms with Crippen LogP contribution in [-0.2, 0) is 4.79 Å². The average molecular weight is 325 g/mol. The first-order valence-corrected chi connectivity index (χ1v) is 7.91. The number of carbonyl (C=O) groups excluding carboxylic acids is 1. The Hall–Kier alpha value is -1.46. The minimum absolute atomic E-state index is 0.121. The van der Waals surface area contributed by atoms with Crippen molar-refractivity contribution >= 4 is 28.9 Å². The summed E-state index contributed by atoms with van der Waals surface area (Å²) in [5.74, 6) is -0.569. The van der Waals surface area contributed by atoms with E-state index in [4.69, 9.17) is 11.6 Å². The molecule has 1 aromatic carbocycles. The van der Waals surface area contributed by atoms with Gasteiger partial charge in [0.05, 0.1) is 27.9 Å². The number of halogens is 2. The number of hydrogen-bond donors (Lipinski definition) is 1. The molecule has 6 heteroatoms. The molecule has 118 valence electrons. The van der Waals surface area contributed by atoms with Crippen LogP contribution in [0.25, 0.3) is 0 Å². The van der Waals surface area contributed by atoms with Crippen LogP contribution >= 0.6 is 11.6 Å². The molecule has 1 fully saturated rings. The molecule has 1 N–H and O–H groups in total. The molecule has 3 rings (SSSR count). The maximum Gasteiger partial charge on any atom is 0.259 e. The molecule has 1 heterocycles. The summed E-state index contributed by atoms with van der Waals surface area (Å²) < 4.78 is 13.2. The molecular formula is C16H18ClFN2O2. The van der Waals surface area contributed by atoms with Gasteiger partial charge in [0, 0.05) is 0 Å². The molecule has 1 spiro atoms. The number of hydrogen-bond acceptors (Lipinski definition) is 3. The van der Waals surface area contributed by atoms with Crippen LogP contribution in [0.2, 0.25) is 5.02 Å². The van der Waals surface area contributed by atoms with Gasteiger partial charge < -0.3 is 5.11 Å². The Morgan fingerprint density at radius 2 is 2.14 bits per heavy atom. The highest BCUT2D eigenvalue weighted by Gasteiger charge is 2.52. The normalized spacial score (nSPS) is 28.4. The third kappa shape index (κ3) is 2.32. The lowest BCUT2D eigenvalue weighted by Gasteiger charge is -2.34. The Bertz CT molecular complexity index is 639. The van der Waals surface area contributed by atoms with Crippen LogP contribution in [0.15, 0.2) is 23.3 Å². The standard InChI is InChI=1S/C16H18ClFN2O2/c1-2-14-16(7-5-11(21)6-8-16)15(22)20(19-14)13-4-3-10(18)9-12(13)17/h3-4,9,11,21H,2,5-8H2,1H3/t11-,16+. The highest BCUT2D eigenvalue weighted by Crippen LogP contribution is 2.46. The molecule has 4 nitrogen and oxygen atoms in total. The predicted octanol–water partition coefficient (Wildman–Crippen LogP) is 3.51. The van der Waals surface area contributed by atoms with Gasteiger partial charge >= 0.3 is 0 Å². The zero-order valence-corrected chi connectivity index (χ0v) is 13.1. The van der Waals surface area contributed by atoms with Crippen LogP contribution in [0.3, 0.4) is 0 Å². The third-order valence-electron chi connectivity index (χ3n) is 4.66. The monoisotopic (exact) mass is 324 g/mol. The Morgan fingerprint density at radius 1 is 1.45 bits per heavy atom. The van der Waals surface area contributed by atoms with Gasteiger partial charge in [0.2, 0.25) is 0 Å². The van der Waals surface area contributed by atoms with Gasteiger partial charge in [-0.25, -0.2) is 4.39 Å². The van der Waals surface area contributed by atoms with Crippen molar-refractivity contribution in [3.8, 4) is 0 Å². The molecule has 0 atom stereocenters. The molecule has 1 aromatic rings. The summed E-state index contributed by atoms with van der Waals surface area (Å²) >= 11 is 6.07. The summed E-state index contributed by atoms with van der Waals surface area (Å²) in [6, 6.07) is 3.93. The predicted molar refractivity (Wildman–Crippen MR) is 83.5 cm³/mol. The number of anilines is 1. The molecule has 2 aliphatic rings. The maximum absolute atomic E-state index is 13.2. The van der Waals surface area contributed by atoms with Gasteiger partial charge in [0.15, 0.2) is 0 Å². The molecule has 1 amide bonds. The topological polar surface area (TPSA) is 52.9 Å². The zero-order valence-electron chi connectivity index (χ0n) is 12.4. The zero-order chi connectivity index (χ0) is 15.9. The molecule has 0 aromatic heterocycles. The van der Waals surface area contributed by atoms with Gasteiger partial charge in [-0.1, -0.05) is 18.5 Å². The highest BCUT2D eigenvalue weighted by molar-refractivity contribution is 6.34. The van der Waals surface area contributed by atoms with Crippen molar-refractivity contribution in [1.29, 1.82) is 0 Å². The molecule has 0 unspecified atom stereocenters. The highest BCUT2D eigenvalue weighted by atomic mass is 35.5. The van der Waals surface area contributed by atoms with Crippen LogP contribution in [-0.4, -0.2) is 22.8 Å².